The van der Waals surface area contributed by atoms with E-state index in [1.807, 2.05) is 0 Å². The van der Waals surface area contributed by atoms with Crippen molar-refractivity contribution in [3.05, 3.63) is 6.33 Å². The Hall–Kier alpha value is -0.640. The lowest BCUT2D eigenvalue weighted by Crippen LogP contribution is -2.25. The van der Waals surface area contributed by atoms with Gasteiger partial charge in [-0.15, -0.1) is 0 Å². The summed E-state index contributed by atoms with van der Waals surface area (Å²) in [5.74, 6) is 0. The SMILES string of the molecule is Cl[n+]1nnc[nH]1. The quantitative estimate of drug-likeness (QED) is 0.465. The topological polar surface area (TPSA) is 45.5 Å². The van der Waals surface area contributed by atoms with Crippen LogP contribution in [-0.4, -0.2) is 15.4 Å². The minimum absolute atomic E-state index is 0.986. The lowest BCUT2D eigenvalue weighted by Gasteiger charge is -1.55. The van der Waals surface area contributed by atoms with Crippen LogP contribution in [0, 0.1) is 0 Å². The zero-order chi connectivity index (χ0) is 4.41. The van der Waals surface area contributed by atoms with Crippen LogP contribution >= 0.6 is 11.8 Å². The number of hydrogen-bond acceptors (Lipinski definition) is 2. The van der Waals surface area contributed by atoms with Gasteiger partial charge in [0.2, 0.25) is 0 Å². The van der Waals surface area contributed by atoms with Gasteiger partial charge in [-0.1, -0.05) is 0 Å². The lowest BCUT2D eigenvalue weighted by molar-refractivity contribution is -0.649. The fourth-order valence-electron chi connectivity index (χ4n) is 0.170. The molecule has 1 aromatic rings. The highest BCUT2D eigenvalue weighted by Gasteiger charge is 1.88. The van der Waals surface area contributed by atoms with Crippen LogP contribution in [0.5, 0.6) is 0 Å². The maximum absolute atomic E-state index is 5.14. The van der Waals surface area contributed by atoms with Crippen LogP contribution in [0.4, 0.5) is 0 Å². The molecule has 4 nitrogen and oxygen atoms in total. The van der Waals surface area contributed by atoms with Crippen molar-refractivity contribution in [3.63, 3.8) is 0 Å². The summed E-state index contributed by atoms with van der Waals surface area (Å²) in [4.78, 5) is 0. The van der Waals surface area contributed by atoms with Gasteiger partial charge in [-0.2, -0.15) is 5.10 Å². The van der Waals surface area contributed by atoms with E-state index >= 15 is 0 Å². The third-order valence-electron chi connectivity index (χ3n) is 0.352. The molecule has 5 heteroatoms. The molecule has 0 bridgehead atoms. The first-order valence-electron chi connectivity index (χ1n) is 1.34. The van der Waals surface area contributed by atoms with Crippen molar-refractivity contribution in [2.45, 2.75) is 0 Å². The molecule has 0 aliphatic rings. The number of halogens is 1. The van der Waals surface area contributed by atoms with Crippen molar-refractivity contribution >= 4 is 11.8 Å². The Balaban J connectivity index is 3.05. The monoisotopic (exact) mass is 105 g/mol. The second kappa shape index (κ2) is 1.22. The molecule has 0 radical (unpaired) electrons. The number of aromatic amines is 1. The zero-order valence-corrected chi connectivity index (χ0v) is 3.55. The normalized spacial score (nSPS) is 8.83. The van der Waals surface area contributed by atoms with Gasteiger partial charge in [0.05, 0.1) is 9.41 Å². The molecule has 0 spiro atoms. The maximum Gasteiger partial charge on any atom is 0.270 e. The average molecular weight is 106 g/mol. The van der Waals surface area contributed by atoms with E-state index in [4.69, 9.17) is 11.8 Å². The molecule has 0 amide bonds. The third kappa shape index (κ3) is 0.463. The lowest BCUT2D eigenvalue weighted by atomic mass is 11.4. The summed E-state index contributed by atoms with van der Waals surface area (Å²) in [5, 5.41) is 9.10. The number of hydrogen-bond donors (Lipinski definition) is 1. The van der Waals surface area contributed by atoms with E-state index < -0.39 is 0 Å². The van der Waals surface area contributed by atoms with Gasteiger partial charge in [-0.05, 0) is 0 Å². The number of rotatable bonds is 0. The molecule has 1 aromatic heterocycles. The predicted molar refractivity (Wildman–Crippen MR) is 17.8 cm³/mol. The van der Waals surface area contributed by atoms with E-state index in [0.717, 1.165) is 4.32 Å². The molecule has 1 heterocycles. The Bertz CT molecular complexity index is 111. The Morgan fingerprint density at radius 1 is 1.83 bits per heavy atom. The molecule has 0 aliphatic carbocycles. The first-order chi connectivity index (χ1) is 2.89. The minimum atomic E-state index is 0.986. The first-order valence-corrected chi connectivity index (χ1v) is 1.68. The molecule has 0 aliphatic heterocycles. The van der Waals surface area contributed by atoms with E-state index in [1.165, 1.54) is 6.33 Å². The summed E-state index contributed by atoms with van der Waals surface area (Å²) in [7, 11) is 0. The molecule has 32 valence electrons. The maximum atomic E-state index is 5.14. The van der Waals surface area contributed by atoms with Crippen molar-refractivity contribution in [1.29, 1.82) is 0 Å². The zero-order valence-electron chi connectivity index (χ0n) is 2.80. The number of nitrogens with one attached hydrogen (secondary N) is 1. The Morgan fingerprint density at radius 3 is 2.83 bits per heavy atom. The predicted octanol–water partition coefficient (Wildman–Crippen LogP) is -0.906. The van der Waals surface area contributed by atoms with E-state index in [-0.39, 0.29) is 0 Å². The molecule has 0 atom stereocenters. The summed E-state index contributed by atoms with van der Waals surface area (Å²) in [6.07, 6.45) is 1.38. The van der Waals surface area contributed by atoms with Crippen LogP contribution in [0.3, 0.4) is 0 Å². The van der Waals surface area contributed by atoms with Crippen LogP contribution in [0.15, 0.2) is 6.33 Å². The molecule has 6 heavy (non-hydrogen) atoms. The number of aromatic nitrogens is 4. The van der Waals surface area contributed by atoms with Gasteiger partial charge < -0.3 is 0 Å². The van der Waals surface area contributed by atoms with Crippen LogP contribution in [0.25, 0.3) is 0 Å². The van der Waals surface area contributed by atoms with Crippen molar-refractivity contribution in [3.8, 4) is 0 Å². The fourth-order valence-corrected chi connectivity index (χ4v) is 0.253. The number of nitrogens with zero attached hydrogens (tertiary/aromatic N) is 3. The highest BCUT2D eigenvalue weighted by atomic mass is 35.5. The summed E-state index contributed by atoms with van der Waals surface area (Å²) < 4.78 is 0.986. The van der Waals surface area contributed by atoms with Crippen molar-refractivity contribution < 1.29 is 4.32 Å². The Kier molecular flexibility index (Phi) is 0.719. The standard InChI is InChI=1S/CHClN4/c2-6-4-1-3-5-6/h1H/p+1. The molecule has 0 fully saturated rings. The highest BCUT2D eigenvalue weighted by molar-refractivity contribution is 6.03. The van der Waals surface area contributed by atoms with Crippen molar-refractivity contribution in [2.24, 2.45) is 0 Å². The van der Waals surface area contributed by atoms with Crippen LogP contribution in [-0.2, 0) is 0 Å². The second-order valence-electron chi connectivity index (χ2n) is 0.723. The smallest absolute Gasteiger partial charge is 0.153 e. The van der Waals surface area contributed by atoms with Gasteiger partial charge in [0.25, 0.3) is 6.33 Å². The van der Waals surface area contributed by atoms with Crippen molar-refractivity contribution in [2.75, 3.05) is 0 Å². The van der Waals surface area contributed by atoms with Gasteiger partial charge in [0.15, 0.2) is 17.0 Å². The summed E-state index contributed by atoms with van der Waals surface area (Å²) >= 11 is 5.14. The molecular formula is CH2ClN4+. The summed E-state index contributed by atoms with van der Waals surface area (Å²) in [6, 6.07) is 0. The fraction of sp³-hybridized carbons (Fsp3) is 0. The Labute approximate surface area is 38.8 Å². The molecule has 0 aromatic carbocycles. The molecular weight excluding hydrogens is 103 g/mol. The van der Waals surface area contributed by atoms with E-state index in [2.05, 4.69) is 15.4 Å². The van der Waals surface area contributed by atoms with Crippen LogP contribution < -0.4 is 4.32 Å². The van der Waals surface area contributed by atoms with Gasteiger partial charge in [0, 0.05) is 0 Å². The van der Waals surface area contributed by atoms with Gasteiger partial charge in [-0.25, -0.2) is 0 Å². The molecule has 0 unspecified atom stereocenters. The van der Waals surface area contributed by atoms with Gasteiger partial charge >= 0.3 is 0 Å². The summed E-state index contributed by atoms with van der Waals surface area (Å²) in [6.45, 7) is 0. The van der Waals surface area contributed by atoms with Gasteiger partial charge in [0.1, 0.15) is 0 Å². The van der Waals surface area contributed by atoms with E-state index in [1.54, 1.807) is 0 Å². The first kappa shape index (κ1) is 3.55. The number of H-pyrrole nitrogens is 1. The van der Waals surface area contributed by atoms with Crippen molar-refractivity contribution in [1.82, 2.24) is 15.4 Å². The number of tetrazole rings is 1. The molecule has 1 rings (SSSR count). The average Bonchev–Trinajstić information content (AvgIpc) is 1.86. The minimum Gasteiger partial charge on any atom is -0.153 e. The second-order valence-corrected chi connectivity index (χ2v) is 1.04. The molecule has 1 N–H and O–H groups in total. The third-order valence-corrected chi connectivity index (χ3v) is 0.517. The van der Waals surface area contributed by atoms with Gasteiger partial charge in [-0.3, -0.25) is 0 Å². The summed E-state index contributed by atoms with van der Waals surface area (Å²) in [5.41, 5.74) is 0. The largest absolute Gasteiger partial charge is 0.270 e. The van der Waals surface area contributed by atoms with E-state index in [0.29, 0.717) is 0 Å². The Morgan fingerprint density at radius 2 is 2.67 bits per heavy atom. The van der Waals surface area contributed by atoms with Crippen LogP contribution in [0.1, 0.15) is 0 Å². The van der Waals surface area contributed by atoms with E-state index in [9.17, 15) is 0 Å². The highest BCUT2D eigenvalue weighted by Crippen LogP contribution is 1.51. The molecule has 0 saturated carbocycles. The van der Waals surface area contributed by atoms with Crippen LogP contribution in [0.2, 0.25) is 0 Å². The molecule has 0 saturated heterocycles.